The van der Waals surface area contributed by atoms with Crippen LogP contribution in [0.4, 0.5) is 5.69 Å². The van der Waals surface area contributed by atoms with Crippen molar-refractivity contribution in [2.24, 2.45) is 4.99 Å². The van der Waals surface area contributed by atoms with Gasteiger partial charge in [-0.2, -0.15) is 0 Å². The fraction of sp³-hybridized carbons (Fsp3) is 0.381. The molecule has 156 valence electrons. The van der Waals surface area contributed by atoms with Gasteiger partial charge < -0.3 is 29.6 Å². The van der Waals surface area contributed by atoms with Gasteiger partial charge in [0.25, 0.3) is 0 Å². The van der Waals surface area contributed by atoms with Crippen molar-refractivity contribution < 1.29 is 18.9 Å². The number of nitrogens with zero attached hydrogens (tertiary/aromatic N) is 1. The molecular weight excluding hydrogens is 485 g/mol. The van der Waals surface area contributed by atoms with Crippen molar-refractivity contribution in [3.63, 3.8) is 0 Å². The Kier molecular flexibility index (Phi) is 7.68. The lowest BCUT2D eigenvalue weighted by Gasteiger charge is -2.13. The lowest BCUT2D eigenvalue weighted by molar-refractivity contribution is 0.174. The summed E-state index contributed by atoms with van der Waals surface area (Å²) in [5, 5.41) is 6.61. The topological polar surface area (TPSA) is 73.3 Å². The maximum absolute atomic E-state index is 5.76. The van der Waals surface area contributed by atoms with Crippen molar-refractivity contribution in [1.29, 1.82) is 0 Å². The molecule has 0 unspecified atom stereocenters. The number of benzene rings is 2. The van der Waals surface area contributed by atoms with Crippen LogP contribution in [0.2, 0.25) is 0 Å². The zero-order valence-corrected chi connectivity index (χ0v) is 18.7. The van der Waals surface area contributed by atoms with Gasteiger partial charge in [-0.3, -0.25) is 4.99 Å². The van der Waals surface area contributed by atoms with E-state index < -0.39 is 0 Å². The molecule has 29 heavy (non-hydrogen) atoms. The summed E-state index contributed by atoms with van der Waals surface area (Å²) >= 11 is 0. The Hall–Kier alpha value is -2.36. The molecule has 0 atom stereocenters. The third kappa shape index (κ3) is 5.59. The average Bonchev–Trinajstić information content (AvgIpc) is 3.04. The lowest BCUT2D eigenvalue weighted by Crippen LogP contribution is -2.30. The van der Waals surface area contributed by atoms with Gasteiger partial charge in [0.2, 0.25) is 6.79 Å². The Labute approximate surface area is 187 Å². The number of anilines is 1. The summed E-state index contributed by atoms with van der Waals surface area (Å²) in [5.74, 6) is 3.89. The summed E-state index contributed by atoms with van der Waals surface area (Å²) < 4.78 is 22.2. The third-order valence-corrected chi connectivity index (χ3v) is 4.46. The molecule has 7 nitrogen and oxygen atoms in total. The first-order valence-electron chi connectivity index (χ1n) is 9.65. The van der Waals surface area contributed by atoms with E-state index in [4.69, 9.17) is 18.9 Å². The highest BCUT2D eigenvalue weighted by atomic mass is 127. The van der Waals surface area contributed by atoms with Gasteiger partial charge in [-0.1, -0.05) is 6.07 Å². The van der Waals surface area contributed by atoms with Gasteiger partial charge in [0.05, 0.1) is 13.2 Å². The summed E-state index contributed by atoms with van der Waals surface area (Å²) in [6, 6.07) is 11.9. The Morgan fingerprint density at radius 3 is 2.52 bits per heavy atom. The van der Waals surface area contributed by atoms with Crippen LogP contribution in [0.15, 0.2) is 41.4 Å². The molecule has 0 spiro atoms. The van der Waals surface area contributed by atoms with E-state index in [1.54, 1.807) is 0 Å². The van der Waals surface area contributed by atoms with Crippen LogP contribution in [-0.2, 0) is 6.42 Å². The summed E-state index contributed by atoms with van der Waals surface area (Å²) in [4.78, 5) is 4.68. The number of halogens is 1. The van der Waals surface area contributed by atoms with Crippen LogP contribution in [0.1, 0.15) is 18.9 Å². The predicted octanol–water partition coefficient (Wildman–Crippen LogP) is 3.81. The molecule has 0 bridgehead atoms. The standard InChI is InChI=1S/C21H25N3O4.HI/c1-2-22-21(23-9-8-15-4-6-18-19(12-15)28-14-27-18)24-16-5-7-17-20(13-16)26-11-3-10-25-17;/h4-7,12-13H,2-3,8-11,14H2,1H3,(H2,22,23,24);1H. The predicted molar refractivity (Wildman–Crippen MR) is 123 cm³/mol. The first-order chi connectivity index (χ1) is 13.8. The summed E-state index contributed by atoms with van der Waals surface area (Å²) in [6.45, 7) is 5.12. The van der Waals surface area contributed by atoms with Crippen LogP contribution in [0.3, 0.4) is 0 Å². The Morgan fingerprint density at radius 2 is 1.66 bits per heavy atom. The quantitative estimate of drug-likeness (QED) is 0.362. The van der Waals surface area contributed by atoms with Gasteiger partial charge in [-0.05, 0) is 43.2 Å². The first-order valence-corrected chi connectivity index (χ1v) is 9.65. The van der Waals surface area contributed by atoms with E-state index in [-0.39, 0.29) is 24.0 Å². The Balaban J connectivity index is 0.00000240. The van der Waals surface area contributed by atoms with Crippen LogP contribution in [0, 0.1) is 0 Å². The number of hydrogen-bond acceptors (Lipinski definition) is 5. The fourth-order valence-corrected chi connectivity index (χ4v) is 3.08. The normalized spacial score (nSPS) is 14.6. The van der Waals surface area contributed by atoms with E-state index >= 15 is 0 Å². The zero-order chi connectivity index (χ0) is 19.2. The minimum atomic E-state index is 0. The van der Waals surface area contributed by atoms with Crippen LogP contribution >= 0.6 is 24.0 Å². The molecule has 2 aliphatic heterocycles. The van der Waals surface area contributed by atoms with Crippen molar-refractivity contribution in [2.45, 2.75) is 19.8 Å². The highest BCUT2D eigenvalue weighted by Gasteiger charge is 2.13. The molecule has 2 aliphatic rings. The molecule has 0 amide bonds. The molecule has 2 aromatic carbocycles. The van der Waals surface area contributed by atoms with Gasteiger partial charge in [-0.25, -0.2) is 0 Å². The van der Waals surface area contributed by atoms with Gasteiger partial charge in [0, 0.05) is 31.3 Å². The van der Waals surface area contributed by atoms with Gasteiger partial charge in [0.1, 0.15) is 0 Å². The highest BCUT2D eigenvalue weighted by molar-refractivity contribution is 14.0. The third-order valence-electron chi connectivity index (χ3n) is 4.46. The number of hydrogen-bond donors (Lipinski definition) is 2. The van der Waals surface area contributed by atoms with Gasteiger partial charge in [0.15, 0.2) is 29.0 Å². The van der Waals surface area contributed by atoms with Crippen molar-refractivity contribution in [2.75, 3.05) is 38.4 Å². The maximum Gasteiger partial charge on any atom is 0.231 e. The van der Waals surface area contributed by atoms with Crippen molar-refractivity contribution in [1.82, 2.24) is 5.32 Å². The number of nitrogens with one attached hydrogen (secondary N) is 2. The zero-order valence-electron chi connectivity index (χ0n) is 16.4. The second-order valence-electron chi connectivity index (χ2n) is 6.54. The average molecular weight is 511 g/mol. The molecule has 0 aliphatic carbocycles. The smallest absolute Gasteiger partial charge is 0.231 e. The lowest BCUT2D eigenvalue weighted by atomic mass is 10.1. The molecule has 2 N–H and O–H groups in total. The van der Waals surface area contributed by atoms with Crippen LogP contribution < -0.4 is 29.6 Å². The number of rotatable bonds is 5. The highest BCUT2D eigenvalue weighted by Crippen LogP contribution is 2.33. The Bertz CT molecular complexity index is 860. The van der Waals surface area contributed by atoms with Gasteiger partial charge >= 0.3 is 0 Å². The monoisotopic (exact) mass is 511 g/mol. The second kappa shape index (κ2) is 10.4. The molecule has 2 heterocycles. The number of fused-ring (bicyclic) bond motifs is 2. The molecule has 2 aromatic rings. The molecule has 0 fully saturated rings. The summed E-state index contributed by atoms with van der Waals surface area (Å²) in [5.41, 5.74) is 2.08. The molecule has 8 heteroatoms. The van der Waals surface area contributed by atoms with Gasteiger partial charge in [-0.15, -0.1) is 24.0 Å². The summed E-state index contributed by atoms with van der Waals surface area (Å²) in [6.07, 6.45) is 1.70. The minimum absolute atomic E-state index is 0. The molecule has 0 saturated heterocycles. The molecule has 0 radical (unpaired) electrons. The number of aliphatic imine (C=N–C) groups is 1. The minimum Gasteiger partial charge on any atom is -0.490 e. The molecule has 4 rings (SSSR count). The first kappa shape index (κ1) is 21.4. The van der Waals surface area contributed by atoms with Crippen LogP contribution in [-0.4, -0.2) is 39.1 Å². The molecule has 0 saturated carbocycles. The van der Waals surface area contributed by atoms with Crippen molar-refractivity contribution >= 4 is 35.6 Å². The van der Waals surface area contributed by atoms with E-state index in [1.807, 2.05) is 43.3 Å². The van der Waals surface area contributed by atoms with Crippen LogP contribution in [0.25, 0.3) is 0 Å². The largest absolute Gasteiger partial charge is 0.490 e. The maximum atomic E-state index is 5.76. The van der Waals surface area contributed by atoms with E-state index in [0.717, 1.165) is 54.0 Å². The Morgan fingerprint density at radius 1 is 0.931 bits per heavy atom. The fourth-order valence-electron chi connectivity index (χ4n) is 3.08. The molecular formula is C21H26IN3O4. The SMILES string of the molecule is CCNC(=NCCc1ccc2c(c1)OCO2)Nc1ccc2c(c1)OCCCO2.I. The van der Waals surface area contributed by atoms with E-state index in [9.17, 15) is 0 Å². The molecule has 0 aromatic heterocycles. The van der Waals surface area contributed by atoms with E-state index in [2.05, 4.69) is 15.6 Å². The van der Waals surface area contributed by atoms with Crippen molar-refractivity contribution in [3.05, 3.63) is 42.0 Å². The van der Waals surface area contributed by atoms with E-state index in [1.165, 1.54) is 5.56 Å². The second-order valence-corrected chi connectivity index (χ2v) is 6.54. The number of ether oxygens (including phenoxy) is 4. The van der Waals surface area contributed by atoms with Crippen molar-refractivity contribution in [3.8, 4) is 23.0 Å². The summed E-state index contributed by atoms with van der Waals surface area (Å²) in [7, 11) is 0. The van der Waals surface area contributed by atoms with E-state index in [0.29, 0.717) is 26.6 Å². The van der Waals surface area contributed by atoms with Crippen LogP contribution in [0.5, 0.6) is 23.0 Å². The number of guanidine groups is 1.